The van der Waals surface area contributed by atoms with Gasteiger partial charge in [0.1, 0.15) is 16.5 Å². The lowest BCUT2D eigenvalue weighted by molar-refractivity contribution is -0.118. The van der Waals surface area contributed by atoms with Crippen LogP contribution in [-0.4, -0.2) is 30.6 Å². The van der Waals surface area contributed by atoms with E-state index in [4.69, 9.17) is 16.5 Å². The van der Waals surface area contributed by atoms with Crippen LogP contribution in [0.3, 0.4) is 0 Å². The van der Waals surface area contributed by atoms with Crippen LogP contribution in [0.15, 0.2) is 22.7 Å². The van der Waals surface area contributed by atoms with E-state index >= 15 is 0 Å². The van der Waals surface area contributed by atoms with Gasteiger partial charge in [-0.25, -0.2) is 9.97 Å². The van der Waals surface area contributed by atoms with Crippen molar-refractivity contribution in [2.24, 2.45) is 5.73 Å². The summed E-state index contributed by atoms with van der Waals surface area (Å²) in [7, 11) is 0. The minimum absolute atomic E-state index is 0.222. The third-order valence-corrected chi connectivity index (χ3v) is 8.52. The Kier molecular flexibility index (Phi) is 6.11. The van der Waals surface area contributed by atoms with Crippen molar-refractivity contribution in [2.45, 2.75) is 56.0 Å². The molecule has 11 heteroatoms. The van der Waals surface area contributed by atoms with E-state index < -0.39 is 0 Å². The maximum atomic E-state index is 11.4. The molecular formula is C21H23N7OS3. The molecule has 0 spiro atoms. The molecule has 4 heterocycles. The fourth-order valence-corrected chi connectivity index (χ4v) is 6.83. The van der Waals surface area contributed by atoms with Gasteiger partial charge >= 0.3 is 0 Å². The summed E-state index contributed by atoms with van der Waals surface area (Å²) in [6.07, 6.45) is 6.08. The molecule has 0 unspecified atom stereocenters. The van der Waals surface area contributed by atoms with Crippen LogP contribution < -0.4 is 11.5 Å². The van der Waals surface area contributed by atoms with Gasteiger partial charge in [0.15, 0.2) is 11.0 Å². The highest BCUT2D eigenvalue weighted by Gasteiger charge is 2.20. The van der Waals surface area contributed by atoms with Crippen molar-refractivity contribution >= 4 is 56.4 Å². The Balaban J connectivity index is 1.41. The molecular weight excluding hydrogens is 462 g/mol. The maximum absolute atomic E-state index is 11.4. The Morgan fingerprint density at radius 2 is 2.06 bits per heavy atom. The number of primary amides is 1. The molecule has 1 aliphatic carbocycles. The van der Waals surface area contributed by atoms with Gasteiger partial charge in [-0.1, -0.05) is 24.2 Å². The summed E-state index contributed by atoms with van der Waals surface area (Å²) in [6, 6.07) is 3.96. The van der Waals surface area contributed by atoms with Crippen LogP contribution in [0.25, 0.3) is 20.9 Å². The molecule has 0 radical (unpaired) electrons. The van der Waals surface area contributed by atoms with Gasteiger partial charge in [-0.3, -0.25) is 4.79 Å². The number of amides is 1. The van der Waals surface area contributed by atoms with Crippen LogP contribution in [0.1, 0.15) is 41.9 Å². The summed E-state index contributed by atoms with van der Waals surface area (Å²) in [4.78, 5) is 24.2. The lowest BCUT2D eigenvalue weighted by Gasteiger charge is -2.08. The fraction of sp³-hybridized carbons (Fsp3) is 0.381. The minimum atomic E-state index is -0.356. The molecule has 5 rings (SSSR count). The first-order valence-electron chi connectivity index (χ1n) is 10.5. The number of fused-ring (bicyclic) bond motifs is 3. The molecule has 32 heavy (non-hydrogen) atoms. The van der Waals surface area contributed by atoms with E-state index in [1.807, 2.05) is 22.1 Å². The smallest absolute Gasteiger partial charge is 0.219 e. The second kappa shape index (κ2) is 9.16. The third-order valence-electron chi connectivity index (χ3n) is 5.51. The predicted molar refractivity (Wildman–Crippen MR) is 130 cm³/mol. The minimum Gasteiger partial charge on any atom is -0.383 e. The van der Waals surface area contributed by atoms with Gasteiger partial charge in [-0.15, -0.1) is 32.9 Å². The number of aryl methyl sites for hydroxylation is 2. The van der Waals surface area contributed by atoms with Crippen molar-refractivity contribution in [1.29, 1.82) is 0 Å². The highest BCUT2D eigenvalue weighted by molar-refractivity contribution is 7.98. The number of nitrogens with two attached hydrogens (primary N) is 2. The quantitative estimate of drug-likeness (QED) is 0.299. The maximum Gasteiger partial charge on any atom is 0.219 e. The van der Waals surface area contributed by atoms with E-state index in [0.717, 1.165) is 33.8 Å². The molecule has 8 nitrogen and oxygen atoms in total. The summed E-state index contributed by atoms with van der Waals surface area (Å²) in [6.45, 7) is 0.428. The second-order valence-electron chi connectivity index (χ2n) is 7.71. The average Bonchev–Trinajstić information content (AvgIpc) is 3.46. The van der Waals surface area contributed by atoms with Gasteiger partial charge in [-0.05, 0) is 42.7 Å². The lowest BCUT2D eigenvalue weighted by Crippen LogP contribution is -2.15. The molecule has 1 amide bonds. The SMILES string of the molecule is NC(=O)CCn1c(SCc2nc(N)c3c4c(sc3n2)CCCCC4)nnc1-c1cccs1. The summed E-state index contributed by atoms with van der Waals surface area (Å²) in [5.41, 5.74) is 13.1. The zero-order valence-corrected chi connectivity index (χ0v) is 19.9. The number of aromatic nitrogens is 5. The molecule has 0 saturated carbocycles. The van der Waals surface area contributed by atoms with E-state index in [9.17, 15) is 4.79 Å². The van der Waals surface area contributed by atoms with Gasteiger partial charge in [0.2, 0.25) is 5.91 Å². The van der Waals surface area contributed by atoms with Crippen LogP contribution in [0, 0.1) is 0 Å². The number of thiophene rings is 2. The normalized spacial score (nSPS) is 13.9. The highest BCUT2D eigenvalue weighted by Crippen LogP contribution is 2.37. The second-order valence-corrected chi connectivity index (χ2v) is 10.7. The number of anilines is 1. The molecule has 0 atom stereocenters. The number of hydrogen-bond donors (Lipinski definition) is 2. The molecule has 0 bridgehead atoms. The summed E-state index contributed by atoms with van der Waals surface area (Å²) in [5, 5.41) is 12.5. The number of carbonyl (C=O) groups excluding carboxylic acids is 1. The van der Waals surface area contributed by atoms with Crippen molar-refractivity contribution in [3.05, 3.63) is 33.8 Å². The average molecular weight is 486 g/mol. The van der Waals surface area contributed by atoms with Gasteiger partial charge < -0.3 is 16.0 Å². The number of carbonyl (C=O) groups is 1. The Morgan fingerprint density at radius 1 is 1.19 bits per heavy atom. The summed E-state index contributed by atoms with van der Waals surface area (Å²) >= 11 is 4.83. The van der Waals surface area contributed by atoms with Crippen LogP contribution in [0.2, 0.25) is 0 Å². The van der Waals surface area contributed by atoms with Gasteiger partial charge in [0.25, 0.3) is 0 Å². The van der Waals surface area contributed by atoms with E-state index in [2.05, 4.69) is 15.2 Å². The zero-order valence-electron chi connectivity index (χ0n) is 17.4. The van der Waals surface area contributed by atoms with Gasteiger partial charge in [-0.2, -0.15) is 0 Å². The fourth-order valence-electron chi connectivity index (χ4n) is 4.01. The van der Waals surface area contributed by atoms with E-state index in [1.54, 1.807) is 22.7 Å². The molecule has 0 saturated heterocycles. The van der Waals surface area contributed by atoms with E-state index in [1.165, 1.54) is 41.5 Å². The first-order chi connectivity index (χ1) is 15.6. The van der Waals surface area contributed by atoms with Crippen LogP contribution in [0.5, 0.6) is 0 Å². The first kappa shape index (κ1) is 21.4. The molecule has 0 aliphatic heterocycles. The van der Waals surface area contributed by atoms with Crippen LogP contribution in [0.4, 0.5) is 5.82 Å². The first-order valence-corrected chi connectivity index (χ1v) is 13.2. The number of nitrogen functional groups attached to an aromatic ring is 1. The van der Waals surface area contributed by atoms with Crippen LogP contribution in [-0.2, 0) is 29.9 Å². The predicted octanol–water partition coefficient (Wildman–Crippen LogP) is 4.03. The molecule has 166 valence electrons. The van der Waals surface area contributed by atoms with Gasteiger partial charge in [0, 0.05) is 17.8 Å². The summed E-state index contributed by atoms with van der Waals surface area (Å²) < 4.78 is 1.94. The van der Waals surface area contributed by atoms with Crippen molar-refractivity contribution in [3.63, 3.8) is 0 Å². The number of nitrogens with zero attached hydrogens (tertiary/aromatic N) is 5. The van der Waals surface area contributed by atoms with Crippen molar-refractivity contribution in [3.8, 4) is 10.7 Å². The molecule has 0 aromatic carbocycles. The number of thioether (sulfide) groups is 1. The van der Waals surface area contributed by atoms with E-state index in [-0.39, 0.29) is 12.3 Å². The topological polar surface area (TPSA) is 126 Å². The monoisotopic (exact) mass is 485 g/mol. The Hall–Kier alpha value is -2.50. The summed E-state index contributed by atoms with van der Waals surface area (Å²) in [5.74, 6) is 2.15. The lowest BCUT2D eigenvalue weighted by atomic mass is 10.1. The third kappa shape index (κ3) is 4.24. The standard InChI is InChI=1S/C21H23N7OS3/c22-15(29)8-9-28-19(14-7-4-10-30-14)26-27-21(28)31-11-16-24-18(23)17-12-5-2-1-3-6-13(12)32-20(17)25-16/h4,7,10H,1-3,5-6,8-9,11H2,(H2,22,29)(H2,23,24,25). The molecule has 1 aliphatic rings. The van der Waals surface area contributed by atoms with Crippen LogP contribution >= 0.6 is 34.4 Å². The molecule has 4 aromatic heterocycles. The highest BCUT2D eigenvalue weighted by atomic mass is 32.2. The largest absolute Gasteiger partial charge is 0.383 e. The Morgan fingerprint density at radius 3 is 2.88 bits per heavy atom. The van der Waals surface area contributed by atoms with Gasteiger partial charge in [0.05, 0.1) is 16.0 Å². The Labute approximate surface area is 197 Å². The molecule has 4 aromatic rings. The zero-order chi connectivity index (χ0) is 22.1. The van der Waals surface area contributed by atoms with Crippen molar-refractivity contribution in [1.82, 2.24) is 24.7 Å². The Bertz CT molecular complexity index is 1260. The number of hydrogen-bond acceptors (Lipinski definition) is 9. The molecule has 0 fully saturated rings. The van der Waals surface area contributed by atoms with Crippen molar-refractivity contribution < 1.29 is 4.79 Å². The van der Waals surface area contributed by atoms with Crippen molar-refractivity contribution in [2.75, 3.05) is 5.73 Å². The number of rotatable bonds is 7. The van der Waals surface area contributed by atoms with E-state index in [0.29, 0.717) is 29.1 Å². The molecule has 4 N–H and O–H groups in total.